The Morgan fingerprint density at radius 1 is 0.762 bits per heavy atom. The van der Waals surface area contributed by atoms with Gasteiger partial charge in [-0.05, 0) is 12.1 Å². The van der Waals surface area contributed by atoms with Gasteiger partial charge >= 0.3 is 0 Å². The van der Waals surface area contributed by atoms with Gasteiger partial charge in [-0.1, -0.05) is 24.3 Å². The van der Waals surface area contributed by atoms with E-state index in [1.807, 2.05) is 0 Å². The summed E-state index contributed by atoms with van der Waals surface area (Å²) in [6.07, 6.45) is 0. The molecular weight excluding hydrogens is 296 g/mol. The maximum atomic E-state index is 11.4. The van der Waals surface area contributed by atoms with Crippen molar-refractivity contribution in [3.05, 3.63) is 36.4 Å². The second kappa shape index (κ2) is 4.24. The number of benzene rings is 3. The lowest BCUT2D eigenvalue weighted by atomic mass is 10.00. The quantitative estimate of drug-likeness (QED) is 0.312. The molecule has 0 heterocycles. The Morgan fingerprint density at radius 2 is 1.29 bits per heavy atom. The van der Waals surface area contributed by atoms with Crippen molar-refractivity contribution in [1.29, 1.82) is 0 Å². The number of aromatic hydroxyl groups is 3. The molecule has 3 aromatic carbocycles. The third kappa shape index (κ3) is 1.86. The molecule has 0 aliphatic rings. The number of hydrogen-bond donors (Lipinski definition) is 4. The van der Waals surface area contributed by atoms with Gasteiger partial charge in [0, 0.05) is 10.8 Å². The first-order chi connectivity index (χ1) is 9.82. The highest BCUT2D eigenvalue weighted by atomic mass is 32.2. The van der Waals surface area contributed by atoms with Gasteiger partial charge in [0.1, 0.15) is 22.1 Å². The van der Waals surface area contributed by atoms with Gasteiger partial charge in [0.15, 0.2) is 0 Å². The average molecular weight is 306 g/mol. The maximum Gasteiger partial charge on any atom is 0.295 e. The zero-order valence-electron chi connectivity index (χ0n) is 10.5. The summed E-state index contributed by atoms with van der Waals surface area (Å²) in [6, 6.07) is 8.21. The van der Waals surface area contributed by atoms with Crippen LogP contribution in [-0.2, 0) is 10.1 Å². The molecule has 0 spiro atoms. The molecule has 0 bridgehead atoms. The van der Waals surface area contributed by atoms with Crippen LogP contribution < -0.4 is 0 Å². The Morgan fingerprint density at radius 3 is 1.81 bits per heavy atom. The zero-order valence-corrected chi connectivity index (χ0v) is 11.3. The van der Waals surface area contributed by atoms with E-state index < -0.39 is 26.5 Å². The molecule has 0 unspecified atom stereocenters. The van der Waals surface area contributed by atoms with Crippen LogP contribution in [0.25, 0.3) is 21.5 Å². The van der Waals surface area contributed by atoms with E-state index in [1.54, 1.807) is 12.1 Å². The molecular formula is C14H10O6S. The van der Waals surface area contributed by atoms with Crippen molar-refractivity contribution < 1.29 is 28.3 Å². The average Bonchev–Trinajstić information content (AvgIpc) is 2.43. The minimum atomic E-state index is -4.64. The van der Waals surface area contributed by atoms with Gasteiger partial charge in [0.05, 0.1) is 10.8 Å². The summed E-state index contributed by atoms with van der Waals surface area (Å²) in [5.41, 5.74) is 0. The summed E-state index contributed by atoms with van der Waals surface area (Å²) in [5.74, 6) is -1.22. The Bertz CT molecular complexity index is 991. The van der Waals surface area contributed by atoms with E-state index in [2.05, 4.69) is 0 Å². The topological polar surface area (TPSA) is 115 Å². The van der Waals surface area contributed by atoms with Crippen molar-refractivity contribution in [2.45, 2.75) is 4.90 Å². The largest absolute Gasteiger partial charge is 0.507 e. The highest BCUT2D eigenvalue weighted by molar-refractivity contribution is 7.86. The van der Waals surface area contributed by atoms with E-state index in [-0.39, 0.29) is 27.3 Å². The molecule has 0 radical (unpaired) electrons. The second-order valence-corrected chi connectivity index (χ2v) is 5.94. The van der Waals surface area contributed by atoms with Gasteiger partial charge in [-0.2, -0.15) is 8.42 Å². The lowest BCUT2D eigenvalue weighted by molar-refractivity contribution is 0.461. The molecule has 0 saturated heterocycles. The van der Waals surface area contributed by atoms with E-state index in [0.717, 1.165) is 12.1 Å². The van der Waals surface area contributed by atoms with Crippen LogP contribution in [0.15, 0.2) is 41.3 Å². The van der Waals surface area contributed by atoms with E-state index >= 15 is 0 Å². The summed E-state index contributed by atoms with van der Waals surface area (Å²) < 4.78 is 32.1. The molecule has 0 aromatic heterocycles. The van der Waals surface area contributed by atoms with E-state index in [4.69, 9.17) is 0 Å². The highest BCUT2D eigenvalue weighted by Crippen LogP contribution is 2.47. The van der Waals surface area contributed by atoms with E-state index in [0.29, 0.717) is 0 Å². The fourth-order valence-corrected chi connectivity index (χ4v) is 3.12. The molecule has 3 rings (SSSR count). The van der Waals surface area contributed by atoms with Crippen LogP contribution in [0.3, 0.4) is 0 Å². The SMILES string of the molecule is O=S(=O)(O)c1ccc(O)c2c(O)c3ccccc3c(O)c12. The standard InChI is InChI=1S/C14H10O6S/c15-9-5-6-10(21(18,19)20)12-11(9)13(16)7-3-1-2-4-8(7)14(12)17/h1-6,15-17H,(H,18,19,20). The molecule has 0 atom stereocenters. The van der Waals surface area contributed by atoms with Crippen LogP contribution in [0.2, 0.25) is 0 Å². The minimum absolute atomic E-state index is 0.206. The van der Waals surface area contributed by atoms with Crippen molar-refractivity contribution in [3.63, 3.8) is 0 Å². The van der Waals surface area contributed by atoms with Crippen LogP contribution in [0.1, 0.15) is 0 Å². The third-order valence-corrected chi connectivity index (χ3v) is 4.23. The number of phenols is 3. The molecule has 3 aromatic rings. The van der Waals surface area contributed by atoms with Gasteiger partial charge in [-0.3, -0.25) is 4.55 Å². The number of phenolic OH excluding ortho intramolecular Hbond substituents is 3. The minimum Gasteiger partial charge on any atom is -0.507 e. The smallest absolute Gasteiger partial charge is 0.295 e. The lowest BCUT2D eigenvalue weighted by Gasteiger charge is -2.13. The number of rotatable bonds is 1. The van der Waals surface area contributed by atoms with Gasteiger partial charge in [0.2, 0.25) is 0 Å². The molecule has 4 N–H and O–H groups in total. The van der Waals surface area contributed by atoms with Crippen molar-refractivity contribution in [1.82, 2.24) is 0 Å². The van der Waals surface area contributed by atoms with Gasteiger partial charge in [-0.15, -0.1) is 0 Å². The second-order valence-electron chi connectivity index (χ2n) is 4.55. The number of fused-ring (bicyclic) bond motifs is 2. The monoisotopic (exact) mass is 306 g/mol. The van der Waals surface area contributed by atoms with Gasteiger partial charge < -0.3 is 15.3 Å². The predicted octanol–water partition coefficient (Wildman–Crippen LogP) is 2.36. The molecule has 21 heavy (non-hydrogen) atoms. The summed E-state index contributed by atoms with van der Waals surface area (Å²) in [7, 11) is -4.64. The predicted molar refractivity (Wildman–Crippen MR) is 76.3 cm³/mol. The van der Waals surface area contributed by atoms with Crippen LogP contribution in [0.5, 0.6) is 17.2 Å². The first-order valence-electron chi connectivity index (χ1n) is 5.88. The summed E-state index contributed by atoms with van der Waals surface area (Å²) in [6.45, 7) is 0. The fraction of sp³-hybridized carbons (Fsp3) is 0. The molecule has 0 aliphatic carbocycles. The molecule has 108 valence electrons. The molecule has 0 fully saturated rings. The Kier molecular flexibility index (Phi) is 2.72. The van der Waals surface area contributed by atoms with E-state index in [9.17, 15) is 28.3 Å². The lowest BCUT2D eigenvalue weighted by Crippen LogP contribution is -1.99. The molecule has 0 aliphatic heterocycles. The van der Waals surface area contributed by atoms with Crippen LogP contribution in [0.4, 0.5) is 0 Å². The molecule has 7 heteroatoms. The molecule has 6 nitrogen and oxygen atoms in total. The van der Waals surface area contributed by atoms with Gasteiger partial charge in [0.25, 0.3) is 10.1 Å². The summed E-state index contributed by atoms with van der Waals surface area (Å²) in [4.78, 5) is -0.589. The Balaban J connectivity index is 2.72. The Hall–Kier alpha value is -2.51. The van der Waals surface area contributed by atoms with Crippen LogP contribution in [-0.4, -0.2) is 28.3 Å². The fourth-order valence-electron chi connectivity index (χ4n) is 2.43. The van der Waals surface area contributed by atoms with Crippen LogP contribution >= 0.6 is 0 Å². The Labute approximate surface area is 119 Å². The van der Waals surface area contributed by atoms with Crippen molar-refractivity contribution in [2.75, 3.05) is 0 Å². The first kappa shape index (κ1) is 13.5. The van der Waals surface area contributed by atoms with Crippen molar-refractivity contribution >= 4 is 31.7 Å². The van der Waals surface area contributed by atoms with Crippen molar-refractivity contribution in [2.24, 2.45) is 0 Å². The highest BCUT2D eigenvalue weighted by Gasteiger charge is 2.23. The number of hydrogen-bond acceptors (Lipinski definition) is 5. The van der Waals surface area contributed by atoms with Crippen molar-refractivity contribution in [3.8, 4) is 17.2 Å². The summed E-state index contributed by atoms with van der Waals surface area (Å²) >= 11 is 0. The third-order valence-electron chi connectivity index (χ3n) is 3.33. The summed E-state index contributed by atoms with van der Waals surface area (Å²) in [5, 5.41) is 30.3. The molecule has 0 amide bonds. The molecule has 0 saturated carbocycles. The first-order valence-corrected chi connectivity index (χ1v) is 7.32. The zero-order chi connectivity index (χ0) is 15.4. The van der Waals surface area contributed by atoms with Crippen LogP contribution in [0, 0.1) is 0 Å². The van der Waals surface area contributed by atoms with E-state index in [1.165, 1.54) is 12.1 Å². The normalized spacial score (nSPS) is 12.0. The van der Waals surface area contributed by atoms with Gasteiger partial charge in [-0.25, -0.2) is 0 Å². The maximum absolute atomic E-state index is 11.4.